The Kier molecular flexibility index (Phi) is 13.4. The van der Waals surface area contributed by atoms with Crippen molar-refractivity contribution in [2.45, 2.75) is 58.4 Å². The van der Waals surface area contributed by atoms with E-state index in [1.165, 1.54) is 13.8 Å². The van der Waals surface area contributed by atoms with Crippen LogP contribution in [0.25, 0.3) is 0 Å². The van der Waals surface area contributed by atoms with E-state index in [-0.39, 0.29) is 18.1 Å². The van der Waals surface area contributed by atoms with Crippen LogP contribution < -0.4 is 10.6 Å². The summed E-state index contributed by atoms with van der Waals surface area (Å²) in [7, 11) is 1.10. The van der Waals surface area contributed by atoms with Gasteiger partial charge in [-0.3, -0.25) is 14.4 Å². The Bertz CT molecular complexity index is 665. The number of nitrogens with one attached hydrogen (secondary N) is 2. The summed E-state index contributed by atoms with van der Waals surface area (Å²) in [6, 6.07) is -2.49. The first kappa shape index (κ1) is 29.5. The van der Waals surface area contributed by atoms with Gasteiger partial charge in [0, 0.05) is 25.4 Å². The van der Waals surface area contributed by atoms with Gasteiger partial charge in [0.25, 0.3) is 0 Å². The van der Waals surface area contributed by atoms with E-state index in [2.05, 4.69) is 15.4 Å². The number of alkyl carbamates (subject to hydrolysis) is 1. The molecule has 0 spiro atoms. The van der Waals surface area contributed by atoms with Crippen molar-refractivity contribution in [1.29, 1.82) is 0 Å². The molecule has 0 radical (unpaired) electrons. The summed E-state index contributed by atoms with van der Waals surface area (Å²) < 4.78 is 19.6. The molecule has 32 heavy (non-hydrogen) atoms. The molecule has 0 aromatic heterocycles. The van der Waals surface area contributed by atoms with Crippen LogP contribution in [-0.4, -0.2) is 90.6 Å². The lowest BCUT2D eigenvalue weighted by molar-refractivity contribution is -0.154. The van der Waals surface area contributed by atoms with Gasteiger partial charge in [0.1, 0.15) is 24.4 Å². The van der Waals surface area contributed by atoms with Crippen LogP contribution in [0.4, 0.5) is 4.79 Å². The van der Waals surface area contributed by atoms with E-state index in [0.717, 1.165) is 18.9 Å². The van der Waals surface area contributed by atoms with Crippen molar-refractivity contribution in [1.82, 2.24) is 10.6 Å². The number of amides is 2. The van der Waals surface area contributed by atoms with Gasteiger partial charge in [-0.15, -0.1) is 0 Å². The van der Waals surface area contributed by atoms with Crippen LogP contribution >= 0.6 is 11.8 Å². The zero-order valence-corrected chi connectivity index (χ0v) is 19.9. The van der Waals surface area contributed by atoms with Crippen molar-refractivity contribution in [3.8, 4) is 0 Å². The monoisotopic (exact) mass is 480 g/mol. The van der Waals surface area contributed by atoms with E-state index in [1.807, 2.05) is 0 Å². The SMILES string of the molecule is COC(=O)[C@H](CO)NC(=O)[C@H](CSC[C@@H](COC(C)=O)OC(C)=O)NC(=O)OC(C)(C)C. The van der Waals surface area contributed by atoms with Crippen molar-refractivity contribution in [2.75, 3.05) is 31.8 Å². The van der Waals surface area contributed by atoms with Crippen molar-refractivity contribution in [3.05, 3.63) is 0 Å². The maximum atomic E-state index is 12.6. The average Bonchev–Trinajstić information content (AvgIpc) is 2.66. The molecule has 0 unspecified atom stereocenters. The van der Waals surface area contributed by atoms with Gasteiger partial charge >= 0.3 is 24.0 Å². The summed E-state index contributed by atoms with van der Waals surface area (Å²) in [5.41, 5.74) is -0.817. The Morgan fingerprint density at radius 1 is 0.969 bits per heavy atom. The molecule has 0 bridgehead atoms. The first-order chi connectivity index (χ1) is 14.8. The zero-order chi connectivity index (χ0) is 24.9. The molecule has 2 amide bonds. The van der Waals surface area contributed by atoms with E-state index in [9.17, 15) is 29.1 Å². The highest BCUT2D eigenvalue weighted by molar-refractivity contribution is 7.99. The molecule has 0 aromatic carbocycles. The highest BCUT2D eigenvalue weighted by atomic mass is 32.2. The molecule has 0 aliphatic carbocycles. The minimum atomic E-state index is -1.32. The van der Waals surface area contributed by atoms with Gasteiger partial charge in [0.2, 0.25) is 5.91 Å². The molecule has 13 heteroatoms. The second-order valence-corrected chi connectivity index (χ2v) is 8.61. The van der Waals surface area contributed by atoms with Gasteiger partial charge in [-0.1, -0.05) is 0 Å². The van der Waals surface area contributed by atoms with Crippen molar-refractivity contribution < 1.29 is 48.0 Å². The lowest BCUT2D eigenvalue weighted by atomic mass is 10.2. The third-order valence-corrected chi connectivity index (χ3v) is 4.56. The van der Waals surface area contributed by atoms with E-state index in [0.29, 0.717) is 0 Å². The third kappa shape index (κ3) is 13.7. The standard InChI is InChI=1S/C19H32N2O10S/c1-11(23)29-8-13(30-12(2)24)9-32-10-15(21-18(27)31-19(3,4)5)16(25)20-14(7-22)17(26)28-6/h13-15,22H,7-10H2,1-6H3,(H,20,25)(H,21,27)/t13-,14+,15+/m1/s1. The summed E-state index contributed by atoms with van der Waals surface area (Å²) in [5, 5.41) is 14.0. The van der Waals surface area contributed by atoms with Crippen LogP contribution in [0.5, 0.6) is 0 Å². The molecule has 0 aliphatic heterocycles. The predicted octanol–water partition coefficient (Wildman–Crippen LogP) is -0.242. The Morgan fingerprint density at radius 2 is 1.59 bits per heavy atom. The molecule has 0 saturated heterocycles. The lowest BCUT2D eigenvalue weighted by Crippen LogP contribution is -2.54. The van der Waals surface area contributed by atoms with E-state index >= 15 is 0 Å². The van der Waals surface area contributed by atoms with E-state index < -0.39 is 60.3 Å². The van der Waals surface area contributed by atoms with Crippen LogP contribution in [-0.2, 0) is 38.1 Å². The number of methoxy groups -OCH3 is 1. The molecule has 0 heterocycles. The smallest absolute Gasteiger partial charge is 0.408 e. The Morgan fingerprint density at radius 3 is 2.06 bits per heavy atom. The molecule has 0 saturated carbocycles. The maximum Gasteiger partial charge on any atom is 0.408 e. The zero-order valence-electron chi connectivity index (χ0n) is 19.1. The summed E-state index contributed by atoms with van der Waals surface area (Å²) in [6.07, 6.45) is -1.64. The van der Waals surface area contributed by atoms with E-state index in [1.54, 1.807) is 20.8 Å². The van der Waals surface area contributed by atoms with Crippen LogP contribution in [0.15, 0.2) is 0 Å². The van der Waals surface area contributed by atoms with Gasteiger partial charge in [0.15, 0.2) is 6.04 Å². The Hall–Kier alpha value is -2.54. The quantitative estimate of drug-likeness (QED) is 0.249. The molecule has 184 valence electrons. The number of rotatable bonds is 12. The number of hydrogen-bond acceptors (Lipinski definition) is 11. The molecule has 3 atom stereocenters. The maximum absolute atomic E-state index is 12.6. The minimum absolute atomic E-state index is 0.0117. The molecule has 0 aromatic rings. The van der Waals surface area contributed by atoms with Gasteiger partial charge in [0.05, 0.1) is 13.7 Å². The van der Waals surface area contributed by atoms with Crippen molar-refractivity contribution >= 4 is 41.7 Å². The molecule has 0 aliphatic rings. The highest BCUT2D eigenvalue weighted by Crippen LogP contribution is 2.12. The Balaban J connectivity index is 5.21. The molecular weight excluding hydrogens is 448 g/mol. The average molecular weight is 481 g/mol. The fraction of sp³-hybridized carbons (Fsp3) is 0.737. The second kappa shape index (κ2) is 14.5. The fourth-order valence-corrected chi connectivity index (χ4v) is 3.14. The molecule has 0 fully saturated rings. The summed E-state index contributed by atoms with van der Waals surface area (Å²) >= 11 is 1.12. The molecule has 3 N–H and O–H groups in total. The number of hydrogen-bond donors (Lipinski definition) is 3. The number of aliphatic hydroxyl groups excluding tert-OH is 1. The molecule has 12 nitrogen and oxygen atoms in total. The number of carbonyl (C=O) groups is 5. The number of carbonyl (C=O) groups excluding carboxylic acids is 5. The Labute approximate surface area is 191 Å². The summed E-state index contributed by atoms with van der Waals surface area (Å²) in [6.45, 7) is 6.47. The number of thioether (sulfide) groups is 1. The predicted molar refractivity (Wildman–Crippen MR) is 114 cm³/mol. The van der Waals surface area contributed by atoms with Gasteiger partial charge in [-0.25, -0.2) is 9.59 Å². The number of aliphatic hydroxyl groups is 1. The summed E-state index contributed by atoms with van der Waals surface area (Å²) in [5.74, 6) is -2.62. The van der Waals surface area contributed by atoms with Gasteiger partial charge in [-0.2, -0.15) is 11.8 Å². The highest BCUT2D eigenvalue weighted by Gasteiger charge is 2.29. The van der Waals surface area contributed by atoms with Crippen LogP contribution in [0.3, 0.4) is 0 Å². The summed E-state index contributed by atoms with van der Waals surface area (Å²) in [4.78, 5) is 58.7. The molecular formula is C19H32N2O10S. The normalized spacial score (nSPS) is 13.7. The number of esters is 3. The number of ether oxygens (including phenoxy) is 4. The minimum Gasteiger partial charge on any atom is -0.467 e. The lowest BCUT2D eigenvalue weighted by Gasteiger charge is -2.24. The van der Waals surface area contributed by atoms with Crippen LogP contribution in [0.2, 0.25) is 0 Å². The van der Waals surface area contributed by atoms with E-state index in [4.69, 9.17) is 14.2 Å². The van der Waals surface area contributed by atoms with Crippen LogP contribution in [0.1, 0.15) is 34.6 Å². The van der Waals surface area contributed by atoms with Gasteiger partial charge in [-0.05, 0) is 20.8 Å². The van der Waals surface area contributed by atoms with Crippen molar-refractivity contribution in [3.63, 3.8) is 0 Å². The first-order valence-corrected chi connectivity index (χ1v) is 10.8. The van der Waals surface area contributed by atoms with Gasteiger partial charge < -0.3 is 34.7 Å². The first-order valence-electron chi connectivity index (χ1n) is 9.66. The second-order valence-electron chi connectivity index (χ2n) is 7.54. The fourth-order valence-electron chi connectivity index (χ4n) is 2.10. The third-order valence-electron chi connectivity index (χ3n) is 3.39. The topological polar surface area (TPSA) is 167 Å². The molecule has 0 rings (SSSR count). The van der Waals surface area contributed by atoms with Crippen LogP contribution in [0, 0.1) is 0 Å². The van der Waals surface area contributed by atoms with Crippen molar-refractivity contribution in [2.24, 2.45) is 0 Å². The largest absolute Gasteiger partial charge is 0.467 e.